The summed E-state index contributed by atoms with van der Waals surface area (Å²) in [6, 6.07) is 5.64. The highest BCUT2D eigenvalue weighted by Crippen LogP contribution is 2.43. The van der Waals surface area contributed by atoms with Crippen LogP contribution in [0.15, 0.2) is 29.4 Å². The molecule has 12 nitrogen and oxygen atoms in total. The van der Waals surface area contributed by atoms with E-state index in [1.165, 1.54) is 6.07 Å². The molecule has 1 aliphatic heterocycles. The van der Waals surface area contributed by atoms with E-state index in [4.69, 9.17) is 9.97 Å². The topological polar surface area (TPSA) is 155 Å². The maximum Gasteiger partial charge on any atom is 0.291 e. The molecule has 7 rings (SSSR count). The van der Waals surface area contributed by atoms with Crippen molar-refractivity contribution in [2.45, 2.75) is 93.8 Å². The van der Waals surface area contributed by atoms with E-state index in [9.17, 15) is 22.5 Å². The quantitative estimate of drug-likeness (QED) is 0.255. The van der Waals surface area contributed by atoms with Crippen molar-refractivity contribution in [3.8, 4) is 28.2 Å². The Balaban J connectivity index is 1.46. The third-order valence-corrected chi connectivity index (χ3v) is 11.7. The number of benzene rings is 1. The minimum Gasteiger partial charge on any atom is -0.367 e. The van der Waals surface area contributed by atoms with E-state index in [2.05, 4.69) is 50.2 Å². The van der Waals surface area contributed by atoms with Gasteiger partial charge in [-0.1, -0.05) is 11.3 Å². The summed E-state index contributed by atoms with van der Waals surface area (Å²) in [4.78, 5) is 12.0. The van der Waals surface area contributed by atoms with E-state index in [1.54, 1.807) is 12.3 Å². The largest absolute Gasteiger partial charge is 0.367 e. The Hall–Kier alpha value is -3.65. The molecule has 242 valence electrons. The van der Waals surface area contributed by atoms with Gasteiger partial charge in [-0.3, -0.25) is 4.68 Å². The van der Waals surface area contributed by atoms with Gasteiger partial charge >= 0.3 is 0 Å². The number of rotatable bonds is 9. The van der Waals surface area contributed by atoms with E-state index in [1.807, 2.05) is 17.8 Å². The lowest BCUT2D eigenvalue weighted by Gasteiger charge is -2.40. The fraction of sp³-hybridized carbons (Fsp3) is 0.533. The zero-order valence-electron chi connectivity index (χ0n) is 25.7. The number of nitrogens with one attached hydrogen (secondary N) is 2. The average molecular weight is 669 g/mol. The Morgan fingerprint density at radius 1 is 1.15 bits per heavy atom. The number of sulfonamides is 1. The van der Waals surface area contributed by atoms with Crippen LogP contribution in [0.4, 0.5) is 14.5 Å². The van der Waals surface area contributed by atoms with Crippen LogP contribution in [0.5, 0.6) is 0 Å². The van der Waals surface area contributed by atoms with Crippen LogP contribution in [0.2, 0.25) is 0 Å². The molecule has 3 aromatic heterocycles. The first-order valence-electron chi connectivity index (χ1n) is 15.3. The van der Waals surface area contributed by atoms with E-state index in [-0.39, 0.29) is 39.0 Å². The Bertz CT molecular complexity index is 1950. The molecule has 0 radical (unpaired) electrons. The molecular formula is C30H34F2N10O2S2. The molecule has 0 spiro atoms. The molecule has 0 amide bonds. The number of nitrogens with zero attached hydrogens (tertiary/aromatic N) is 8. The van der Waals surface area contributed by atoms with Gasteiger partial charge in [-0.15, -0.1) is 10.2 Å². The number of anilines is 1. The predicted octanol–water partition coefficient (Wildman–Crippen LogP) is 4.76. The van der Waals surface area contributed by atoms with Crippen molar-refractivity contribution in [2.24, 2.45) is 0 Å². The van der Waals surface area contributed by atoms with Gasteiger partial charge in [-0.05, 0) is 65.0 Å². The third kappa shape index (κ3) is 5.63. The van der Waals surface area contributed by atoms with Gasteiger partial charge in [0, 0.05) is 42.3 Å². The van der Waals surface area contributed by atoms with Crippen LogP contribution in [0.25, 0.3) is 33.0 Å². The Morgan fingerprint density at radius 3 is 2.50 bits per heavy atom. The zero-order chi connectivity index (χ0) is 32.4. The predicted molar refractivity (Wildman–Crippen MR) is 169 cm³/mol. The van der Waals surface area contributed by atoms with Crippen molar-refractivity contribution in [2.75, 3.05) is 18.0 Å². The van der Waals surface area contributed by atoms with Crippen molar-refractivity contribution in [1.29, 1.82) is 5.26 Å². The minimum atomic E-state index is -3.96. The molecule has 3 aliphatic rings. The molecule has 4 heterocycles. The fourth-order valence-corrected chi connectivity index (χ4v) is 8.62. The second-order valence-electron chi connectivity index (χ2n) is 13.1. The monoisotopic (exact) mass is 668 g/mol. The average Bonchev–Trinajstić information content (AvgIpc) is 3.36. The Labute approximate surface area is 269 Å². The molecule has 1 saturated heterocycles. The molecule has 16 heteroatoms. The van der Waals surface area contributed by atoms with Gasteiger partial charge in [0.15, 0.2) is 15.8 Å². The van der Waals surface area contributed by atoms with Crippen LogP contribution in [-0.2, 0) is 15.6 Å². The molecule has 1 aromatic carbocycles. The number of piperazine rings is 1. The van der Waals surface area contributed by atoms with Gasteiger partial charge in [0.05, 0.1) is 45.9 Å². The van der Waals surface area contributed by atoms with Gasteiger partial charge in [0.1, 0.15) is 5.69 Å². The molecule has 4 aromatic rings. The molecule has 3 fully saturated rings. The fourth-order valence-electron chi connectivity index (χ4n) is 6.41. The van der Waals surface area contributed by atoms with Crippen molar-refractivity contribution < 1.29 is 17.2 Å². The lowest BCUT2D eigenvalue weighted by Crippen LogP contribution is -2.54. The maximum absolute atomic E-state index is 13.8. The zero-order valence-corrected chi connectivity index (χ0v) is 27.3. The summed E-state index contributed by atoms with van der Waals surface area (Å²) in [6.07, 6.45) is 5.11. The SMILES string of the molecule is C[C@H]1CN(c2cc(S(=O)(=O)NC3(C)CC3)cc3c(-c4nnc(C(F)F)s4)nc(-c4cnn(C5(CC#N)CCC5)c4)nc23)C[C@H](C)N1. The molecule has 0 unspecified atom stereocenters. The van der Waals surface area contributed by atoms with Gasteiger partial charge in [0.2, 0.25) is 10.0 Å². The maximum atomic E-state index is 13.8. The summed E-state index contributed by atoms with van der Waals surface area (Å²) in [5, 5.41) is 25.4. The van der Waals surface area contributed by atoms with Crippen molar-refractivity contribution in [3.63, 3.8) is 0 Å². The molecule has 2 N–H and O–H groups in total. The Kier molecular flexibility index (Phi) is 7.58. The highest BCUT2D eigenvalue weighted by molar-refractivity contribution is 7.89. The lowest BCUT2D eigenvalue weighted by molar-refractivity contribution is 0.130. The van der Waals surface area contributed by atoms with Crippen molar-refractivity contribution >= 4 is 38.0 Å². The highest BCUT2D eigenvalue weighted by Gasteiger charge is 2.42. The summed E-state index contributed by atoms with van der Waals surface area (Å²) in [5.41, 5.74) is 0.956. The van der Waals surface area contributed by atoms with Crippen LogP contribution in [0.3, 0.4) is 0 Å². The van der Waals surface area contributed by atoms with E-state index in [0.717, 1.165) is 32.1 Å². The number of aromatic nitrogens is 6. The number of halogens is 2. The first-order chi connectivity index (χ1) is 21.9. The Morgan fingerprint density at radius 2 is 1.89 bits per heavy atom. The second-order valence-corrected chi connectivity index (χ2v) is 15.8. The van der Waals surface area contributed by atoms with Crippen LogP contribution in [0.1, 0.15) is 70.7 Å². The molecular weight excluding hydrogens is 635 g/mol. The van der Waals surface area contributed by atoms with Crippen molar-refractivity contribution in [3.05, 3.63) is 29.5 Å². The standard InChI is InChI=1S/C30H34F2N10O2S2/c1-17-14-41(15-18(2)35-17)22-12-20(46(43,44)40-29(3)7-8-29)11-21-23(22)36-26(37-24(21)27-38-39-28(45-27)25(31)32)19-13-34-42(16-19)30(9-10-33)5-4-6-30/h11-13,16-18,25,35,40H,4-9,14-15H2,1-3H3/t17-,18-/m0/s1. The summed E-state index contributed by atoms with van der Waals surface area (Å²) in [5.74, 6) is 0.283. The van der Waals surface area contributed by atoms with Gasteiger partial charge in [-0.25, -0.2) is 31.9 Å². The molecule has 2 aliphatic carbocycles. The molecule has 0 bridgehead atoms. The number of nitriles is 1. The minimum absolute atomic E-state index is 0.0365. The van der Waals surface area contributed by atoms with Crippen LogP contribution in [0, 0.1) is 11.3 Å². The highest BCUT2D eigenvalue weighted by atomic mass is 32.2. The van der Waals surface area contributed by atoms with Crippen LogP contribution >= 0.6 is 11.3 Å². The first-order valence-corrected chi connectivity index (χ1v) is 17.6. The molecule has 46 heavy (non-hydrogen) atoms. The summed E-state index contributed by atoms with van der Waals surface area (Å²) in [6.45, 7) is 7.17. The summed E-state index contributed by atoms with van der Waals surface area (Å²) >= 11 is 0.709. The number of hydrogen-bond acceptors (Lipinski definition) is 11. The lowest BCUT2D eigenvalue weighted by atomic mass is 9.75. The summed E-state index contributed by atoms with van der Waals surface area (Å²) < 4.78 is 59.5. The van der Waals surface area contributed by atoms with Gasteiger partial charge in [-0.2, -0.15) is 10.4 Å². The van der Waals surface area contributed by atoms with E-state index < -0.39 is 27.0 Å². The van der Waals surface area contributed by atoms with Crippen molar-refractivity contribution in [1.82, 2.24) is 40.0 Å². The molecule has 2 atom stereocenters. The first kappa shape index (κ1) is 31.0. The number of fused-ring (bicyclic) bond motifs is 1. The number of alkyl halides is 2. The third-order valence-electron chi connectivity index (χ3n) is 9.19. The van der Waals surface area contributed by atoms with E-state index in [0.29, 0.717) is 53.0 Å². The van der Waals surface area contributed by atoms with Gasteiger partial charge in [0.25, 0.3) is 6.43 Å². The van der Waals surface area contributed by atoms with Crippen LogP contribution < -0.4 is 14.9 Å². The van der Waals surface area contributed by atoms with Gasteiger partial charge < -0.3 is 10.2 Å². The normalized spacial score (nSPS) is 22.2. The summed E-state index contributed by atoms with van der Waals surface area (Å²) in [7, 11) is -3.96. The molecule has 2 saturated carbocycles. The van der Waals surface area contributed by atoms with Crippen LogP contribution in [-0.4, -0.2) is 69.1 Å². The number of hydrogen-bond donors (Lipinski definition) is 2. The smallest absolute Gasteiger partial charge is 0.291 e. The second kappa shape index (κ2) is 11.3. The van der Waals surface area contributed by atoms with E-state index >= 15 is 0 Å².